The number of nitrogen functional groups attached to an aromatic ring is 1. The molecule has 4 aromatic rings. The van der Waals surface area contributed by atoms with Crippen molar-refractivity contribution < 1.29 is 9.59 Å². The van der Waals surface area contributed by atoms with Gasteiger partial charge in [0.1, 0.15) is 5.71 Å². The van der Waals surface area contributed by atoms with E-state index < -0.39 is 5.91 Å². The van der Waals surface area contributed by atoms with E-state index in [0.717, 1.165) is 11.3 Å². The Morgan fingerprint density at radius 2 is 1.68 bits per heavy atom. The number of carbonyl (C=O) groups excluding carboxylic acids is 2. The van der Waals surface area contributed by atoms with Gasteiger partial charge in [-0.1, -0.05) is 36.4 Å². The molecule has 2 aromatic heterocycles. The minimum Gasteiger partial charge on any atom is -0.398 e. The SMILES string of the molecule is CN(C)C(=O)Nc1cncc(-c2ccc(N)c(C(=N)C(=O)Nc3ccc(Cc4ccccc4)nc3)c2)c1. The van der Waals surface area contributed by atoms with Gasteiger partial charge in [0.15, 0.2) is 0 Å². The van der Waals surface area contributed by atoms with Crippen molar-refractivity contribution in [2.75, 3.05) is 30.5 Å². The second kappa shape index (κ2) is 11.1. The lowest BCUT2D eigenvalue weighted by Gasteiger charge is -2.13. The first-order valence-corrected chi connectivity index (χ1v) is 11.5. The first-order chi connectivity index (χ1) is 17.8. The van der Waals surface area contributed by atoms with Crippen molar-refractivity contribution in [1.29, 1.82) is 5.41 Å². The van der Waals surface area contributed by atoms with Crippen molar-refractivity contribution in [3.8, 4) is 11.1 Å². The van der Waals surface area contributed by atoms with E-state index in [4.69, 9.17) is 11.1 Å². The molecule has 2 aromatic carbocycles. The topological polar surface area (TPSA) is 137 Å². The molecule has 186 valence electrons. The van der Waals surface area contributed by atoms with Crippen molar-refractivity contribution in [2.24, 2.45) is 0 Å². The molecule has 0 aliphatic carbocycles. The normalized spacial score (nSPS) is 10.4. The van der Waals surface area contributed by atoms with Gasteiger partial charge in [0.05, 0.1) is 23.8 Å². The monoisotopic (exact) mass is 493 g/mol. The summed E-state index contributed by atoms with van der Waals surface area (Å²) in [5.74, 6) is -0.605. The van der Waals surface area contributed by atoms with Gasteiger partial charge in [-0.3, -0.25) is 20.2 Å². The second-order valence-corrected chi connectivity index (χ2v) is 8.62. The Labute approximate surface area is 214 Å². The maximum absolute atomic E-state index is 12.8. The molecule has 0 bridgehead atoms. The van der Waals surface area contributed by atoms with Crippen LogP contribution in [-0.2, 0) is 11.2 Å². The Morgan fingerprint density at radius 3 is 2.38 bits per heavy atom. The number of rotatable bonds is 7. The van der Waals surface area contributed by atoms with E-state index in [1.54, 1.807) is 56.8 Å². The van der Waals surface area contributed by atoms with Crippen LogP contribution in [0.2, 0.25) is 0 Å². The molecular weight excluding hydrogens is 466 g/mol. The molecule has 4 rings (SSSR count). The van der Waals surface area contributed by atoms with Crippen molar-refractivity contribution in [3.63, 3.8) is 0 Å². The lowest BCUT2D eigenvalue weighted by molar-refractivity contribution is -0.110. The first-order valence-electron chi connectivity index (χ1n) is 11.5. The van der Waals surface area contributed by atoms with Gasteiger partial charge in [-0.25, -0.2) is 4.79 Å². The highest BCUT2D eigenvalue weighted by Gasteiger charge is 2.17. The van der Waals surface area contributed by atoms with Crippen molar-refractivity contribution in [3.05, 3.63) is 102 Å². The fourth-order valence-corrected chi connectivity index (χ4v) is 3.58. The number of hydrogen-bond donors (Lipinski definition) is 4. The third-order valence-corrected chi connectivity index (χ3v) is 5.59. The van der Waals surface area contributed by atoms with E-state index >= 15 is 0 Å². The van der Waals surface area contributed by atoms with Gasteiger partial charge in [0, 0.05) is 49.2 Å². The smallest absolute Gasteiger partial charge is 0.321 e. The number of hydrogen-bond acceptors (Lipinski definition) is 6. The first kappa shape index (κ1) is 25.1. The summed E-state index contributed by atoms with van der Waals surface area (Å²) in [5, 5.41) is 13.9. The average molecular weight is 494 g/mol. The summed E-state index contributed by atoms with van der Waals surface area (Å²) in [6.45, 7) is 0. The molecule has 37 heavy (non-hydrogen) atoms. The molecule has 0 aliphatic rings. The van der Waals surface area contributed by atoms with Crippen LogP contribution in [0.15, 0.2) is 85.3 Å². The van der Waals surface area contributed by atoms with Crippen molar-refractivity contribution in [2.45, 2.75) is 6.42 Å². The minimum absolute atomic E-state index is 0.280. The van der Waals surface area contributed by atoms with E-state index in [1.165, 1.54) is 11.1 Å². The maximum atomic E-state index is 12.8. The largest absolute Gasteiger partial charge is 0.398 e. The standard InChI is InChI=1S/C28H27N7O2/c1-35(2)28(37)34-23-13-20(15-31-16-23)19-8-11-25(29)24(14-19)26(30)27(36)33-22-10-9-21(32-17-22)12-18-6-4-3-5-7-18/h3-11,13-17,30H,12,29H2,1-2H3,(H,33,36)(H,34,37). The van der Waals surface area contributed by atoms with Crippen LogP contribution in [0.25, 0.3) is 11.1 Å². The zero-order chi connectivity index (χ0) is 26.4. The van der Waals surface area contributed by atoms with Gasteiger partial charge >= 0.3 is 6.03 Å². The van der Waals surface area contributed by atoms with Crippen molar-refractivity contribution in [1.82, 2.24) is 14.9 Å². The Kier molecular flexibility index (Phi) is 7.53. The molecular formula is C28H27N7O2. The quantitative estimate of drug-likeness (QED) is 0.223. The molecule has 0 atom stereocenters. The summed E-state index contributed by atoms with van der Waals surface area (Å²) in [6.07, 6.45) is 5.43. The van der Waals surface area contributed by atoms with Crippen LogP contribution < -0.4 is 16.4 Å². The van der Waals surface area contributed by atoms with E-state index in [9.17, 15) is 9.59 Å². The number of pyridine rings is 2. The fourth-order valence-electron chi connectivity index (χ4n) is 3.58. The summed E-state index contributed by atoms with van der Waals surface area (Å²) in [4.78, 5) is 34.8. The highest BCUT2D eigenvalue weighted by atomic mass is 16.2. The van der Waals surface area contributed by atoms with E-state index in [1.807, 2.05) is 36.4 Å². The summed E-state index contributed by atoms with van der Waals surface area (Å²) in [6, 6.07) is 20.1. The van der Waals surface area contributed by atoms with Crippen LogP contribution in [0.1, 0.15) is 16.8 Å². The zero-order valence-corrected chi connectivity index (χ0v) is 20.5. The summed E-state index contributed by atoms with van der Waals surface area (Å²) in [5.41, 5.74) is 10.8. The third kappa shape index (κ3) is 6.34. The number of benzene rings is 2. The van der Waals surface area contributed by atoms with Crippen molar-refractivity contribution >= 4 is 34.7 Å². The summed E-state index contributed by atoms with van der Waals surface area (Å²) < 4.78 is 0. The molecule has 5 N–H and O–H groups in total. The van der Waals surface area contributed by atoms with Crippen LogP contribution in [0.3, 0.4) is 0 Å². The molecule has 2 heterocycles. The number of carbonyl (C=O) groups is 2. The number of amides is 3. The van der Waals surface area contributed by atoms with Gasteiger partial charge in [-0.05, 0) is 41.5 Å². The van der Waals surface area contributed by atoms with Gasteiger partial charge in [0.25, 0.3) is 5.91 Å². The number of urea groups is 1. The number of nitrogens with zero attached hydrogens (tertiary/aromatic N) is 3. The van der Waals surface area contributed by atoms with Gasteiger partial charge in [-0.15, -0.1) is 0 Å². The lowest BCUT2D eigenvalue weighted by atomic mass is 10.00. The number of nitrogens with two attached hydrogens (primary N) is 1. The Balaban J connectivity index is 1.47. The minimum atomic E-state index is -0.605. The zero-order valence-electron chi connectivity index (χ0n) is 20.5. The van der Waals surface area contributed by atoms with Crippen LogP contribution in [0, 0.1) is 5.41 Å². The Hall–Kier alpha value is -5.05. The maximum Gasteiger partial charge on any atom is 0.321 e. The van der Waals surface area contributed by atoms with Gasteiger partial charge < -0.3 is 21.3 Å². The lowest BCUT2D eigenvalue weighted by Crippen LogP contribution is -2.27. The molecule has 0 radical (unpaired) electrons. The predicted octanol–water partition coefficient (Wildman–Crippen LogP) is 4.42. The van der Waals surface area contributed by atoms with E-state index in [-0.39, 0.29) is 17.3 Å². The molecule has 0 aliphatic heterocycles. The molecule has 0 saturated carbocycles. The van der Waals surface area contributed by atoms with Crippen LogP contribution in [-0.4, -0.2) is 46.6 Å². The second-order valence-electron chi connectivity index (χ2n) is 8.62. The highest BCUT2D eigenvalue weighted by Crippen LogP contribution is 2.26. The van der Waals surface area contributed by atoms with E-state index in [2.05, 4.69) is 20.6 Å². The van der Waals surface area contributed by atoms with Crippen LogP contribution >= 0.6 is 0 Å². The summed E-state index contributed by atoms with van der Waals surface area (Å²) in [7, 11) is 3.29. The molecule has 9 nitrogen and oxygen atoms in total. The van der Waals surface area contributed by atoms with Crippen LogP contribution in [0.4, 0.5) is 21.9 Å². The Bertz CT molecular complexity index is 1430. The number of anilines is 3. The predicted molar refractivity (Wildman–Crippen MR) is 146 cm³/mol. The Morgan fingerprint density at radius 1 is 0.892 bits per heavy atom. The van der Waals surface area contributed by atoms with Crippen LogP contribution in [0.5, 0.6) is 0 Å². The molecule has 0 unspecified atom stereocenters. The van der Waals surface area contributed by atoms with Gasteiger partial charge in [-0.2, -0.15) is 0 Å². The number of aromatic nitrogens is 2. The molecule has 0 spiro atoms. The summed E-state index contributed by atoms with van der Waals surface area (Å²) >= 11 is 0. The molecule has 0 fully saturated rings. The average Bonchev–Trinajstić information content (AvgIpc) is 2.90. The number of nitrogens with one attached hydrogen (secondary N) is 3. The molecule has 3 amide bonds. The van der Waals surface area contributed by atoms with Gasteiger partial charge in [0.2, 0.25) is 0 Å². The fraction of sp³-hybridized carbons (Fsp3) is 0.107. The highest BCUT2D eigenvalue weighted by molar-refractivity contribution is 6.48. The third-order valence-electron chi connectivity index (χ3n) is 5.59. The molecule has 0 saturated heterocycles. The molecule has 9 heteroatoms. The van der Waals surface area contributed by atoms with E-state index in [0.29, 0.717) is 34.6 Å².